The summed E-state index contributed by atoms with van der Waals surface area (Å²) in [5, 5.41) is 3.40. The minimum absolute atomic E-state index is 0. The van der Waals surface area contributed by atoms with Gasteiger partial charge in [-0.15, -0.1) is 24.8 Å². The molecule has 3 rings (SSSR count). The van der Waals surface area contributed by atoms with Gasteiger partial charge in [-0.05, 0) is 32.0 Å². The van der Waals surface area contributed by atoms with Gasteiger partial charge in [0.05, 0.1) is 0 Å². The quantitative estimate of drug-likeness (QED) is 0.878. The molecule has 1 N–H and O–H groups in total. The number of pyridine rings is 1. The molecular formula is C15H24Cl2N4O. The van der Waals surface area contributed by atoms with Crippen molar-refractivity contribution in [3.63, 3.8) is 0 Å². The van der Waals surface area contributed by atoms with Crippen molar-refractivity contribution in [2.45, 2.75) is 19.4 Å². The fourth-order valence-electron chi connectivity index (χ4n) is 3.07. The highest BCUT2D eigenvalue weighted by Crippen LogP contribution is 2.13. The molecule has 0 aliphatic carbocycles. The molecule has 1 amide bonds. The van der Waals surface area contributed by atoms with Gasteiger partial charge in [-0.3, -0.25) is 9.69 Å². The van der Waals surface area contributed by atoms with E-state index in [0.29, 0.717) is 11.7 Å². The van der Waals surface area contributed by atoms with E-state index in [9.17, 15) is 4.79 Å². The van der Waals surface area contributed by atoms with Crippen molar-refractivity contribution >= 4 is 30.7 Å². The zero-order valence-corrected chi connectivity index (χ0v) is 14.5. The van der Waals surface area contributed by atoms with E-state index < -0.39 is 0 Å². The molecule has 0 aromatic carbocycles. The molecule has 3 heterocycles. The maximum Gasteiger partial charge on any atom is 0.272 e. The van der Waals surface area contributed by atoms with E-state index in [1.54, 1.807) is 0 Å². The standard InChI is InChI=1S/C15H22N4O.2ClH/c1-12-3-2-4-14(17-12)15(20)19-9-7-18(8-10-19)13-5-6-16-11-13;;/h2-4,13,16H,5-11H2,1H3;2*1H. The molecule has 2 aliphatic rings. The number of aromatic nitrogens is 1. The topological polar surface area (TPSA) is 48.5 Å². The van der Waals surface area contributed by atoms with Gasteiger partial charge in [0.25, 0.3) is 5.91 Å². The van der Waals surface area contributed by atoms with Crippen LogP contribution in [0.1, 0.15) is 22.6 Å². The van der Waals surface area contributed by atoms with E-state index in [-0.39, 0.29) is 30.7 Å². The van der Waals surface area contributed by atoms with Crippen LogP contribution in [-0.4, -0.2) is 66.0 Å². The molecule has 2 aliphatic heterocycles. The van der Waals surface area contributed by atoms with Crippen LogP contribution in [0.25, 0.3) is 0 Å². The predicted molar refractivity (Wildman–Crippen MR) is 92.2 cm³/mol. The number of nitrogens with one attached hydrogen (secondary N) is 1. The van der Waals surface area contributed by atoms with Crippen LogP contribution in [0.5, 0.6) is 0 Å². The summed E-state index contributed by atoms with van der Waals surface area (Å²) in [6, 6.07) is 6.28. The van der Waals surface area contributed by atoms with Crippen LogP contribution in [0.3, 0.4) is 0 Å². The van der Waals surface area contributed by atoms with Gasteiger partial charge in [0, 0.05) is 44.5 Å². The largest absolute Gasteiger partial charge is 0.335 e. The summed E-state index contributed by atoms with van der Waals surface area (Å²) in [5.74, 6) is 0.0675. The lowest BCUT2D eigenvalue weighted by Gasteiger charge is -2.37. The van der Waals surface area contributed by atoms with Crippen molar-refractivity contribution < 1.29 is 4.79 Å². The predicted octanol–water partition coefficient (Wildman–Crippen LogP) is 1.35. The van der Waals surface area contributed by atoms with Crippen LogP contribution in [-0.2, 0) is 0 Å². The number of aryl methyl sites for hydroxylation is 1. The Morgan fingerprint density at radius 2 is 1.95 bits per heavy atom. The van der Waals surface area contributed by atoms with Gasteiger partial charge < -0.3 is 10.2 Å². The number of nitrogens with zero attached hydrogens (tertiary/aromatic N) is 3. The SMILES string of the molecule is Cc1cccc(C(=O)N2CCN(C3CCNC3)CC2)n1.Cl.Cl. The monoisotopic (exact) mass is 346 g/mol. The Morgan fingerprint density at radius 1 is 1.23 bits per heavy atom. The van der Waals surface area contributed by atoms with Crippen LogP contribution < -0.4 is 5.32 Å². The highest BCUT2D eigenvalue weighted by Gasteiger charge is 2.28. The van der Waals surface area contributed by atoms with Gasteiger partial charge in [-0.2, -0.15) is 0 Å². The Balaban J connectivity index is 0.00000121. The highest BCUT2D eigenvalue weighted by molar-refractivity contribution is 5.92. The number of halogens is 2. The molecule has 0 bridgehead atoms. The summed E-state index contributed by atoms with van der Waals surface area (Å²) < 4.78 is 0. The normalized spacial score (nSPS) is 21.9. The number of amides is 1. The number of carbonyl (C=O) groups is 1. The smallest absolute Gasteiger partial charge is 0.272 e. The van der Waals surface area contributed by atoms with Gasteiger partial charge in [-0.25, -0.2) is 4.98 Å². The van der Waals surface area contributed by atoms with E-state index in [1.807, 2.05) is 30.0 Å². The van der Waals surface area contributed by atoms with Crippen LogP contribution >= 0.6 is 24.8 Å². The lowest BCUT2D eigenvalue weighted by molar-refractivity contribution is 0.0578. The lowest BCUT2D eigenvalue weighted by Crippen LogP contribution is -2.52. The second-order valence-electron chi connectivity index (χ2n) is 5.64. The number of piperazine rings is 1. The van der Waals surface area contributed by atoms with Crippen molar-refractivity contribution in [1.82, 2.24) is 20.1 Å². The Labute approximate surface area is 144 Å². The van der Waals surface area contributed by atoms with Gasteiger partial charge in [-0.1, -0.05) is 6.07 Å². The third-order valence-corrected chi connectivity index (χ3v) is 4.26. The molecule has 1 unspecified atom stereocenters. The maximum atomic E-state index is 12.4. The van der Waals surface area contributed by atoms with Gasteiger partial charge in [0.15, 0.2) is 0 Å². The fourth-order valence-corrected chi connectivity index (χ4v) is 3.07. The van der Waals surface area contributed by atoms with Gasteiger partial charge in [0.1, 0.15) is 5.69 Å². The van der Waals surface area contributed by atoms with Crippen LogP contribution in [0.2, 0.25) is 0 Å². The van der Waals surface area contributed by atoms with Crippen molar-refractivity contribution in [3.8, 4) is 0 Å². The number of hydrogen-bond donors (Lipinski definition) is 1. The first-order chi connectivity index (χ1) is 9.74. The Kier molecular flexibility index (Phi) is 7.56. The molecular weight excluding hydrogens is 323 g/mol. The maximum absolute atomic E-state index is 12.4. The van der Waals surface area contributed by atoms with Gasteiger partial charge in [0.2, 0.25) is 0 Å². The molecule has 1 atom stereocenters. The minimum atomic E-state index is 0. The average molecular weight is 347 g/mol. The van der Waals surface area contributed by atoms with E-state index in [0.717, 1.165) is 45.0 Å². The highest BCUT2D eigenvalue weighted by atomic mass is 35.5. The first-order valence-electron chi connectivity index (χ1n) is 7.42. The zero-order chi connectivity index (χ0) is 13.9. The number of hydrogen-bond acceptors (Lipinski definition) is 4. The fraction of sp³-hybridized carbons (Fsp3) is 0.600. The summed E-state index contributed by atoms with van der Waals surface area (Å²) in [4.78, 5) is 21.2. The van der Waals surface area contributed by atoms with E-state index in [4.69, 9.17) is 0 Å². The summed E-state index contributed by atoms with van der Waals surface area (Å²) in [6.45, 7) is 7.70. The van der Waals surface area contributed by atoms with Crippen LogP contribution in [0, 0.1) is 6.92 Å². The molecule has 22 heavy (non-hydrogen) atoms. The van der Waals surface area contributed by atoms with Crippen LogP contribution in [0.4, 0.5) is 0 Å². The van der Waals surface area contributed by atoms with Crippen molar-refractivity contribution in [1.29, 1.82) is 0 Å². The Morgan fingerprint density at radius 3 is 2.55 bits per heavy atom. The first kappa shape index (κ1) is 19.2. The second-order valence-corrected chi connectivity index (χ2v) is 5.64. The third kappa shape index (κ3) is 4.32. The molecule has 1 aromatic heterocycles. The lowest BCUT2D eigenvalue weighted by atomic mass is 10.2. The summed E-state index contributed by atoms with van der Waals surface area (Å²) in [5.41, 5.74) is 1.47. The molecule has 0 saturated carbocycles. The number of carbonyl (C=O) groups excluding carboxylic acids is 1. The third-order valence-electron chi connectivity index (χ3n) is 4.26. The summed E-state index contributed by atoms with van der Waals surface area (Å²) >= 11 is 0. The van der Waals surface area contributed by atoms with Crippen molar-refractivity contribution in [2.75, 3.05) is 39.3 Å². The van der Waals surface area contributed by atoms with Gasteiger partial charge >= 0.3 is 0 Å². The molecule has 0 radical (unpaired) electrons. The summed E-state index contributed by atoms with van der Waals surface area (Å²) in [6.07, 6.45) is 1.23. The van der Waals surface area contributed by atoms with Crippen molar-refractivity contribution in [2.24, 2.45) is 0 Å². The van der Waals surface area contributed by atoms with E-state index >= 15 is 0 Å². The zero-order valence-electron chi connectivity index (χ0n) is 12.8. The van der Waals surface area contributed by atoms with Crippen molar-refractivity contribution in [3.05, 3.63) is 29.6 Å². The summed E-state index contributed by atoms with van der Waals surface area (Å²) in [7, 11) is 0. The molecule has 2 fully saturated rings. The first-order valence-corrected chi connectivity index (χ1v) is 7.42. The Hall–Kier alpha value is -0.880. The molecule has 7 heteroatoms. The minimum Gasteiger partial charge on any atom is -0.335 e. The molecule has 0 spiro atoms. The molecule has 1 aromatic rings. The second kappa shape index (κ2) is 8.67. The molecule has 2 saturated heterocycles. The molecule has 5 nitrogen and oxygen atoms in total. The molecule has 124 valence electrons. The average Bonchev–Trinajstić information content (AvgIpc) is 3.01. The van der Waals surface area contributed by atoms with E-state index in [1.165, 1.54) is 6.42 Å². The van der Waals surface area contributed by atoms with E-state index in [2.05, 4.69) is 15.2 Å². The van der Waals surface area contributed by atoms with Crippen LogP contribution in [0.15, 0.2) is 18.2 Å². The number of rotatable bonds is 2. The Bertz CT molecular complexity index is 486.